The number of hydrogen-bond acceptors (Lipinski definition) is 0. The summed E-state index contributed by atoms with van der Waals surface area (Å²) in [5.74, 6) is 3.48. The Kier molecular flexibility index (Phi) is 4.92. The average Bonchev–Trinajstić information content (AvgIpc) is 2.67. The van der Waals surface area contributed by atoms with E-state index >= 15 is 0 Å². The quantitative estimate of drug-likeness (QED) is 0.556. The minimum absolute atomic E-state index is 0.164. The zero-order valence-electron chi connectivity index (χ0n) is 15.3. The molecule has 0 aliphatic heterocycles. The molecule has 25 heavy (non-hydrogen) atoms. The summed E-state index contributed by atoms with van der Waals surface area (Å²) in [6.07, 6.45) is 9.87. The van der Waals surface area contributed by atoms with Gasteiger partial charge in [-0.1, -0.05) is 56.2 Å². The van der Waals surface area contributed by atoms with Crippen molar-refractivity contribution in [2.75, 3.05) is 0 Å². The Labute approximate surface area is 151 Å². The molecule has 0 N–H and O–H groups in total. The molecule has 2 aliphatic carbocycles. The standard InChI is InChI=1S/C24H29F/c1-2-17-6-7-23-15-22(13-12-21(23)14-17)19-10-8-18(9-11-19)20-4-3-5-24(25)16-20/h3-5,8-11,16-17,21-23H,2,6-7,12-15H2,1H3/t17?,21-,22-,23-/m1/s1. The Bertz CT molecular complexity index is 702. The van der Waals surface area contributed by atoms with Gasteiger partial charge in [0.05, 0.1) is 0 Å². The molecule has 0 amide bonds. The molecule has 1 unspecified atom stereocenters. The van der Waals surface area contributed by atoms with Gasteiger partial charge in [-0.3, -0.25) is 0 Å². The lowest BCUT2D eigenvalue weighted by atomic mass is 9.63. The molecule has 132 valence electrons. The first-order valence-corrected chi connectivity index (χ1v) is 10.1. The summed E-state index contributed by atoms with van der Waals surface area (Å²) in [6, 6.07) is 15.8. The maximum absolute atomic E-state index is 13.4. The summed E-state index contributed by atoms with van der Waals surface area (Å²) < 4.78 is 13.4. The maximum atomic E-state index is 13.4. The number of fused-ring (bicyclic) bond motifs is 1. The lowest BCUT2D eigenvalue weighted by Crippen LogP contribution is -2.30. The van der Waals surface area contributed by atoms with Crippen molar-refractivity contribution in [3.63, 3.8) is 0 Å². The van der Waals surface area contributed by atoms with Crippen molar-refractivity contribution in [3.8, 4) is 11.1 Å². The van der Waals surface area contributed by atoms with Crippen LogP contribution in [-0.2, 0) is 0 Å². The monoisotopic (exact) mass is 336 g/mol. The summed E-state index contributed by atoms with van der Waals surface area (Å²) >= 11 is 0. The Balaban J connectivity index is 1.45. The van der Waals surface area contributed by atoms with Crippen LogP contribution in [-0.4, -0.2) is 0 Å². The molecule has 2 fully saturated rings. The number of rotatable bonds is 3. The van der Waals surface area contributed by atoms with Crippen molar-refractivity contribution in [2.24, 2.45) is 17.8 Å². The molecule has 0 bridgehead atoms. The maximum Gasteiger partial charge on any atom is 0.123 e. The van der Waals surface area contributed by atoms with E-state index < -0.39 is 0 Å². The normalized spacial score (nSPS) is 29.2. The van der Waals surface area contributed by atoms with Crippen LogP contribution in [0.2, 0.25) is 0 Å². The summed E-state index contributed by atoms with van der Waals surface area (Å²) in [5, 5.41) is 0. The second kappa shape index (κ2) is 7.32. The van der Waals surface area contributed by atoms with E-state index in [2.05, 4.69) is 31.2 Å². The molecule has 0 aromatic heterocycles. The fourth-order valence-corrected chi connectivity index (χ4v) is 5.28. The molecule has 4 atom stereocenters. The summed E-state index contributed by atoms with van der Waals surface area (Å²) in [4.78, 5) is 0. The highest BCUT2D eigenvalue weighted by atomic mass is 19.1. The van der Waals surface area contributed by atoms with Gasteiger partial charge in [-0.15, -0.1) is 0 Å². The highest BCUT2D eigenvalue weighted by Gasteiger charge is 2.35. The smallest absolute Gasteiger partial charge is 0.123 e. The molecule has 1 heteroatoms. The Morgan fingerprint density at radius 2 is 1.60 bits per heavy atom. The van der Waals surface area contributed by atoms with Crippen LogP contribution >= 0.6 is 0 Å². The number of hydrogen-bond donors (Lipinski definition) is 0. The van der Waals surface area contributed by atoms with E-state index in [9.17, 15) is 4.39 Å². The molecule has 0 nitrogen and oxygen atoms in total. The van der Waals surface area contributed by atoms with Crippen LogP contribution in [0.5, 0.6) is 0 Å². The largest absolute Gasteiger partial charge is 0.207 e. The van der Waals surface area contributed by atoms with Gasteiger partial charge >= 0.3 is 0 Å². The number of benzene rings is 2. The molecule has 0 heterocycles. The first-order chi connectivity index (χ1) is 12.2. The minimum Gasteiger partial charge on any atom is -0.207 e. The topological polar surface area (TPSA) is 0 Å². The Hall–Kier alpha value is -1.63. The van der Waals surface area contributed by atoms with E-state index in [-0.39, 0.29) is 5.82 Å². The van der Waals surface area contributed by atoms with Crippen molar-refractivity contribution in [3.05, 3.63) is 59.9 Å². The van der Waals surface area contributed by atoms with Gasteiger partial charge in [0.1, 0.15) is 5.82 Å². The van der Waals surface area contributed by atoms with Gasteiger partial charge in [0.15, 0.2) is 0 Å². The van der Waals surface area contributed by atoms with E-state index in [0.29, 0.717) is 0 Å². The lowest BCUT2D eigenvalue weighted by Gasteiger charge is -2.42. The van der Waals surface area contributed by atoms with Crippen LogP contribution in [0.25, 0.3) is 11.1 Å². The molecule has 2 aromatic carbocycles. The molecule has 0 saturated heterocycles. The predicted molar refractivity (Wildman–Crippen MR) is 103 cm³/mol. The Morgan fingerprint density at radius 1 is 0.840 bits per heavy atom. The van der Waals surface area contributed by atoms with Crippen LogP contribution in [0, 0.1) is 23.6 Å². The molecule has 0 radical (unpaired) electrons. The zero-order chi connectivity index (χ0) is 17.2. The molecular formula is C24H29F. The fourth-order valence-electron chi connectivity index (χ4n) is 5.28. The van der Waals surface area contributed by atoms with Gasteiger partial charge in [0, 0.05) is 0 Å². The zero-order valence-corrected chi connectivity index (χ0v) is 15.3. The highest BCUT2D eigenvalue weighted by molar-refractivity contribution is 5.63. The van der Waals surface area contributed by atoms with E-state index in [0.717, 1.165) is 34.8 Å². The third-order valence-electron chi connectivity index (χ3n) is 6.84. The molecule has 2 aromatic rings. The minimum atomic E-state index is -0.164. The average molecular weight is 336 g/mol. The van der Waals surface area contributed by atoms with E-state index in [1.165, 1.54) is 56.6 Å². The van der Waals surface area contributed by atoms with Gasteiger partial charge in [-0.25, -0.2) is 4.39 Å². The molecule has 2 saturated carbocycles. The van der Waals surface area contributed by atoms with Gasteiger partial charge in [-0.05, 0) is 84.6 Å². The van der Waals surface area contributed by atoms with E-state index in [1.807, 2.05) is 6.07 Å². The van der Waals surface area contributed by atoms with Crippen LogP contribution < -0.4 is 0 Å². The Morgan fingerprint density at radius 3 is 2.36 bits per heavy atom. The van der Waals surface area contributed by atoms with Crippen LogP contribution in [0.1, 0.15) is 63.4 Å². The van der Waals surface area contributed by atoms with Crippen molar-refractivity contribution >= 4 is 0 Å². The second-order valence-electron chi connectivity index (χ2n) is 8.25. The van der Waals surface area contributed by atoms with Crippen LogP contribution in [0.4, 0.5) is 4.39 Å². The predicted octanol–water partition coefficient (Wildman–Crippen LogP) is 7.20. The number of halogens is 1. The van der Waals surface area contributed by atoms with Crippen molar-refractivity contribution in [2.45, 2.75) is 57.8 Å². The van der Waals surface area contributed by atoms with Crippen molar-refractivity contribution in [1.29, 1.82) is 0 Å². The summed E-state index contributed by atoms with van der Waals surface area (Å²) in [6.45, 7) is 2.36. The summed E-state index contributed by atoms with van der Waals surface area (Å²) in [5.41, 5.74) is 3.56. The van der Waals surface area contributed by atoms with E-state index in [1.54, 1.807) is 12.1 Å². The third-order valence-corrected chi connectivity index (χ3v) is 6.84. The summed E-state index contributed by atoms with van der Waals surface area (Å²) in [7, 11) is 0. The molecule has 0 spiro atoms. The second-order valence-corrected chi connectivity index (χ2v) is 8.25. The van der Waals surface area contributed by atoms with Crippen LogP contribution in [0.15, 0.2) is 48.5 Å². The van der Waals surface area contributed by atoms with Crippen molar-refractivity contribution < 1.29 is 4.39 Å². The van der Waals surface area contributed by atoms with Gasteiger partial charge in [0.25, 0.3) is 0 Å². The van der Waals surface area contributed by atoms with Gasteiger partial charge in [-0.2, -0.15) is 0 Å². The first kappa shape index (κ1) is 16.8. The molecule has 2 aliphatic rings. The van der Waals surface area contributed by atoms with Gasteiger partial charge in [0.2, 0.25) is 0 Å². The van der Waals surface area contributed by atoms with Crippen molar-refractivity contribution in [1.82, 2.24) is 0 Å². The third kappa shape index (κ3) is 3.66. The van der Waals surface area contributed by atoms with Gasteiger partial charge < -0.3 is 0 Å². The van der Waals surface area contributed by atoms with E-state index in [4.69, 9.17) is 0 Å². The lowest BCUT2D eigenvalue weighted by molar-refractivity contribution is 0.116. The SMILES string of the molecule is CCC1CC[C@@H]2C[C@H](c3ccc(-c4cccc(F)c4)cc3)CC[C@@H]2C1. The highest BCUT2D eigenvalue weighted by Crippen LogP contribution is 2.48. The van der Waals surface area contributed by atoms with Crippen LogP contribution in [0.3, 0.4) is 0 Å². The first-order valence-electron chi connectivity index (χ1n) is 10.1. The fraction of sp³-hybridized carbons (Fsp3) is 0.500. The molecular weight excluding hydrogens is 307 g/mol. The molecule has 4 rings (SSSR count).